The Balaban J connectivity index is 2.30. The Labute approximate surface area is 153 Å². The Morgan fingerprint density at radius 2 is 2.22 bits per heavy atom. The standard InChI is InChI=1S/C18H17F3N2O4/c1-8(20)13-9(5-22-6-10(13)21)14-15(17(24)26-2)11(3-4-19)23-12-7-27-18(25)16(12)14/h5-6,8,14,23H,3-4,7H2,1-2H3. The molecule has 0 saturated carbocycles. The number of methoxy groups -OCH3 is 1. The van der Waals surface area contributed by atoms with Crippen LogP contribution in [-0.4, -0.2) is 37.3 Å². The molecule has 0 spiro atoms. The third kappa shape index (κ3) is 3.17. The number of carbonyl (C=O) groups is 2. The minimum Gasteiger partial charge on any atom is -0.466 e. The van der Waals surface area contributed by atoms with E-state index in [1.54, 1.807) is 0 Å². The Bertz CT molecular complexity index is 864. The summed E-state index contributed by atoms with van der Waals surface area (Å²) in [5.74, 6) is -3.67. The normalized spacial score (nSPS) is 20.2. The summed E-state index contributed by atoms with van der Waals surface area (Å²) >= 11 is 0. The van der Waals surface area contributed by atoms with Crippen LogP contribution in [0.3, 0.4) is 0 Å². The highest BCUT2D eigenvalue weighted by Crippen LogP contribution is 2.44. The van der Waals surface area contributed by atoms with Crippen LogP contribution in [0.2, 0.25) is 0 Å². The van der Waals surface area contributed by atoms with Crippen LogP contribution in [0.4, 0.5) is 13.2 Å². The molecule has 9 heteroatoms. The predicted molar refractivity (Wildman–Crippen MR) is 87.2 cm³/mol. The summed E-state index contributed by atoms with van der Waals surface area (Å²) in [5.41, 5.74) is 0.101. The van der Waals surface area contributed by atoms with Gasteiger partial charge in [-0.3, -0.25) is 9.37 Å². The van der Waals surface area contributed by atoms with Crippen molar-refractivity contribution in [3.8, 4) is 0 Å². The molecular formula is C18H17F3N2O4. The van der Waals surface area contributed by atoms with Gasteiger partial charge < -0.3 is 14.8 Å². The molecular weight excluding hydrogens is 365 g/mol. The zero-order chi connectivity index (χ0) is 19.7. The summed E-state index contributed by atoms with van der Waals surface area (Å²) < 4.78 is 51.4. The van der Waals surface area contributed by atoms with Crippen LogP contribution in [-0.2, 0) is 19.1 Å². The van der Waals surface area contributed by atoms with Crippen LogP contribution < -0.4 is 5.32 Å². The van der Waals surface area contributed by atoms with E-state index in [0.717, 1.165) is 20.2 Å². The van der Waals surface area contributed by atoms with Gasteiger partial charge >= 0.3 is 11.9 Å². The lowest BCUT2D eigenvalue weighted by atomic mass is 9.78. The molecule has 0 aromatic carbocycles. The average molecular weight is 382 g/mol. The molecule has 3 heterocycles. The minimum atomic E-state index is -1.73. The molecule has 0 bridgehead atoms. The van der Waals surface area contributed by atoms with Crippen molar-refractivity contribution in [2.75, 3.05) is 20.4 Å². The Morgan fingerprint density at radius 1 is 1.48 bits per heavy atom. The van der Waals surface area contributed by atoms with Crippen molar-refractivity contribution in [2.24, 2.45) is 0 Å². The fourth-order valence-electron chi connectivity index (χ4n) is 3.44. The van der Waals surface area contributed by atoms with Crippen LogP contribution >= 0.6 is 0 Å². The molecule has 2 aliphatic rings. The molecule has 6 nitrogen and oxygen atoms in total. The first kappa shape index (κ1) is 18.9. The fourth-order valence-corrected chi connectivity index (χ4v) is 3.44. The summed E-state index contributed by atoms with van der Waals surface area (Å²) in [6.45, 7) is 0.230. The van der Waals surface area contributed by atoms with Crippen LogP contribution in [0.1, 0.15) is 36.6 Å². The quantitative estimate of drug-likeness (QED) is 0.789. The van der Waals surface area contributed by atoms with Gasteiger partial charge in [0.05, 0.1) is 42.7 Å². The van der Waals surface area contributed by atoms with Gasteiger partial charge in [-0.15, -0.1) is 0 Å². The van der Waals surface area contributed by atoms with Gasteiger partial charge in [0.15, 0.2) is 0 Å². The van der Waals surface area contributed by atoms with Gasteiger partial charge in [-0.1, -0.05) is 0 Å². The van der Waals surface area contributed by atoms with Gasteiger partial charge in [-0.25, -0.2) is 18.4 Å². The molecule has 1 aromatic rings. The molecule has 144 valence electrons. The number of hydrogen-bond acceptors (Lipinski definition) is 6. The monoisotopic (exact) mass is 382 g/mol. The third-order valence-electron chi connectivity index (χ3n) is 4.53. The van der Waals surface area contributed by atoms with Gasteiger partial charge in [0.25, 0.3) is 0 Å². The number of allylic oxidation sites excluding steroid dienone is 1. The van der Waals surface area contributed by atoms with Crippen molar-refractivity contribution in [2.45, 2.75) is 25.4 Å². The van der Waals surface area contributed by atoms with E-state index in [1.807, 2.05) is 0 Å². The maximum atomic E-state index is 14.3. The summed E-state index contributed by atoms with van der Waals surface area (Å²) in [6.07, 6.45) is 0.136. The van der Waals surface area contributed by atoms with E-state index in [0.29, 0.717) is 5.70 Å². The Morgan fingerprint density at radius 3 is 2.85 bits per heavy atom. The summed E-state index contributed by atoms with van der Waals surface area (Å²) in [4.78, 5) is 28.5. The van der Waals surface area contributed by atoms with Gasteiger partial charge in [0.1, 0.15) is 18.6 Å². The molecule has 1 N–H and O–H groups in total. The van der Waals surface area contributed by atoms with Crippen molar-refractivity contribution in [1.82, 2.24) is 10.3 Å². The Kier molecular flexibility index (Phi) is 5.20. The molecule has 27 heavy (non-hydrogen) atoms. The van der Waals surface area contributed by atoms with Crippen LogP contribution in [0, 0.1) is 5.82 Å². The maximum absolute atomic E-state index is 14.3. The van der Waals surface area contributed by atoms with Gasteiger partial charge in [-0.05, 0) is 12.5 Å². The first-order valence-corrected chi connectivity index (χ1v) is 8.22. The van der Waals surface area contributed by atoms with Crippen molar-refractivity contribution >= 4 is 11.9 Å². The number of hydrogen-bond donors (Lipinski definition) is 1. The second-order valence-electron chi connectivity index (χ2n) is 6.09. The number of pyridine rings is 1. The lowest BCUT2D eigenvalue weighted by Crippen LogP contribution is -2.32. The number of dihydropyridines is 1. The Hall–Kier alpha value is -2.84. The van der Waals surface area contributed by atoms with Crippen LogP contribution in [0.5, 0.6) is 0 Å². The van der Waals surface area contributed by atoms with Crippen molar-refractivity contribution in [3.63, 3.8) is 0 Å². The number of cyclic esters (lactones) is 1. The molecule has 0 fully saturated rings. The fraction of sp³-hybridized carbons (Fsp3) is 0.389. The van der Waals surface area contributed by atoms with E-state index >= 15 is 0 Å². The second-order valence-corrected chi connectivity index (χ2v) is 6.09. The summed E-state index contributed by atoms with van der Waals surface area (Å²) in [7, 11) is 1.12. The number of esters is 2. The van der Waals surface area contributed by atoms with Crippen molar-refractivity contribution in [1.29, 1.82) is 0 Å². The zero-order valence-corrected chi connectivity index (χ0v) is 14.6. The van der Waals surface area contributed by atoms with E-state index < -0.39 is 36.5 Å². The van der Waals surface area contributed by atoms with Crippen molar-refractivity contribution in [3.05, 3.63) is 51.9 Å². The molecule has 2 unspecified atom stereocenters. The smallest absolute Gasteiger partial charge is 0.337 e. The highest BCUT2D eigenvalue weighted by molar-refractivity contribution is 6.01. The highest BCUT2D eigenvalue weighted by Gasteiger charge is 2.44. The maximum Gasteiger partial charge on any atom is 0.337 e. The van der Waals surface area contributed by atoms with E-state index in [4.69, 9.17) is 9.47 Å². The number of nitrogens with one attached hydrogen (secondary N) is 1. The number of carbonyl (C=O) groups excluding carboxylic acids is 2. The van der Waals surface area contributed by atoms with Gasteiger partial charge in [0, 0.05) is 23.9 Å². The van der Waals surface area contributed by atoms with Gasteiger partial charge in [-0.2, -0.15) is 0 Å². The summed E-state index contributed by atoms with van der Waals surface area (Å²) in [5, 5.41) is 2.84. The van der Waals surface area contributed by atoms with Crippen LogP contribution in [0.25, 0.3) is 0 Å². The number of halogens is 3. The van der Waals surface area contributed by atoms with E-state index in [2.05, 4.69) is 10.3 Å². The van der Waals surface area contributed by atoms with Crippen LogP contribution in [0.15, 0.2) is 34.9 Å². The first-order valence-electron chi connectivity index (χ1n) is 8.22. The molecule has 3 rings (SSSR count). The summed E-state index contributed by atoms with van der Waals surface area (Å²) in [6, 6.07) is 0. The predicted octanol–water partition coefficient (Wildman–Crippen LogP) is 2.54. The molecule has 0 aliphatic carbocycles. The largest absolute Gasteiger partial charge is 0.466 e. The van der Waals surface area contributed by atoms with Gasteiger partial charge in [0.2, 0.25) is 0 Å². The number of nitrogens with zero attached hydrogens (tertiary/aromatic N) is 1. The number of rotatable bonds is 5. The molecule has 1 aromatic heterocycles. The number of ether oxygens (including phenoxy) is 2. The lowest BCUT2D eigenvalue weighted by Gasteiger charge is -2.29. The minimum absolute atomic E-state index is 0.00499. The first-order chi connectivity index (χ1) is 12.9. The van der Waals surface area contributed by atoms with Crippen molar-refractivity contribution < 1.29 is 32.2 Å². The average Bonchev–Trinajstić information content (AvgIpc) is 3.00. The molecule has 2 aliphatic heterocycles. The topological polar surface area (TPSA) is 77.5 Å². The molecule has 2 atom stereocenters. The molecule has 0 amide bonds. The lowest BCUT2D eigenvalue weighted by molar-refractivity contribution is -0.136. The highest BCUT2D eigenvalue weighted by atomic mass is 19.1. The van der Waals surface area contributed by atoms with E-state index in [1.165, 1.54) is 6.20 Å². The third-order valence-corrected chi connectivity index (χ3v) is 4.53. The second kappa shape index (κ2) is 7.42. The zero-order valence-electron chi connectivity index (χ0n) is 14.6. The number of alkyl halides is 2. The SMILES string of the molecule is COC(=O)C1=C(CCF)NC2=C(C(=O)OC2)C1c1cncc(F)c1C(C)F. The number of aromatic nitrogens is 1. The van der Waals surface area contributed by atoms with E-state index in [-0.39, 0.29) is 41.0 Å². The van der Waals surface area contributed by atoms with E-state index in [9.17, 15) is 22.8 Å². The molecule has 0 radical (unpaired) electrons. The molecule has 0 saturated heterocycles.